The van der Waals surface area contributed by atoms with Gasteiger partial charge in [0.1, 0.15) is 17.2 Å². The summed E-state index contributed by atoms with van der Waals surface area (Å²) in [5.41, 5.74) is 1.74. The largest absolute Gasteiger partial charge is 0.467 e. The number of aliphatic hydroxyl groups is 3. The smallest absolute Gasteiger partial charge is 0.426 e. The Morgan fingerprint density at radius 1 is 0.844 bits per heavy atom. The minimum Gasteiger partial charge on any atom is -0.467 e. The molecule has 0 amide bonds. The van der Waals surface area contributed by atoms with Gasteiger partial charge in [0.15, 0.2) is 13.1 Å². The molecule has 1 unspecified atom stereocenters. The van der Waals surface area contributed by atoms with Crippen LogP contribution in [0.2, 0.25) is 0 Å². The molecular formula is C34H38F2O9. The second-order valence-electron chi connectivity index (χ2n) is 10.0. The number of carbonyl (C=O) groups excluding carboxylic acids is 1. The summed E-state index contributed by atoms with van der Waals surface area (Å²) in [5.74, 6) is -0.468. The molecule has 0 aromatic heterocycles. The van der Waals surface area contributed by atoms with Crippen LogP contribution in [0.5, 0.6) is 17.2 Å². The summed E-state index contributed by atoms with van der Waals surface area (Å²) < 4.78 is 56.1. The Morgan fingerprint density at radius 3 is 2.09 bits per heavy atom. The van der Waals surface area contributed by atoms with Crippen molar-refractivity contribution in [3.05, 3.63) is 102 Å². The second kappa shape index (κ2) is 17.3. The standard InChI is InChI=1S/C34H38F2O9/c1-4-5-6-7-25-8-12-28(13-9-25)34(35,36)45-29-14-10-26(11-15-29)27-16-30(41-21-43-32(39)23(2)19-37)18-31(17-27)42-22-44-33(40)24(3)20-38/h8-18,32,37-39H,2-7,19-22H2,1H3. The third kappa shape index (κ3) is 11.0. The molecule has 9 nitrogen and oxygen atoms in total. The maximum absolute atomic E-state index is 14.9. The van der Waals surface area contributed by atoms with Crippen molar-refractivity contribution in [2.75, 3.05) is 26.8 Å². The lowest BCUT2D eigenvalue weighted by atomic mass is 10.0. The van der Waals surface area contributed by atoms with Crippen LogP contribution in [0.4, 0.5) is 8.78 Å². The summed E-state index contributed by atoms with van der Waals surface area (Å²) in [6.45, 7) is 6.99. The minimum absolute atomic E-state index is 0.0370. The first kappa shape index (κ1) is 35.2. The third-order valence-corrected chi connectivity index (χ3v) is 6.57. The molecule has 3 aromatic carbocycles. The molecule has 0 radical (unpaired) electrons. The SMILES string of the molecule is C=C(CO)C(=O)OCOc1cc(OCOC(O)C(=C)CO)cc(-c2ccc(OC(F)(F)c3ccc(CCCCC)cc3)cc2)c1. The molecule has 0 saturated heterocycles. The maximum Gasteiger partial charge on any atom is 0.426 e. The molecule has 45 heavy (non-hydrogen) atoms. The van der Waals surface area contributed by atoms with E-state index in [1.165, 1.54) is 30.3 Å². The van der Waals surface area contributed by atoms with Crippen molar-refractivity contribution in [1.29, 1.82) is 0 Å². The average Bonchev–Trinajstić information content (AvgIpc) is 3.04. The van der Waals surface area contributed by atoms with Gasteiger partial charge in [0.2, 0.25) is 6.79 Å². The monoisotopic (exact) mass is 628 g/mol. The van der Waals surface area contributed by atoms with E-state index >= 15 is 0 Å². The van der Waals surface area contributed by atoms with Crippen LogP contribution in [0, 0.1) is 0 Å². The number of ether oxygens (including phenoxy) is 5. The van der Waals surface area contributed by atoms with E-state index in [0.717, 1.165) is 31.2 Å². The number of esters is 1. The number of rotatable bonds is 19. The Hall–Kier alpha value is -4.29. The fourth-order valence-corrected chi connectivity index (χ4v) is 3.95. The topological polar surface area (TPSA) is 124 Å². The Kier molecular flexibility index (Phi) is 13.5. The van der Waals surface area contributed by atoms with Crippen molar-refractivity contribution in [2.45, 2.75) is 45.0 Å². The molecule has 1 atom stereocenters. The Balaban J connectivity index is 1.74. The number of benzene rings is 3. The van der Waals surface area contributed by atoms with E-state index < -0.39 is 45.2 Å². The number of hydrogen-bond acceptors (Lipinski definition) is 9. The summed E-state index contributed by atoms with van der Waals surface area (Å²) in [5, 5.41) is 27.9. The van der Waals surface area contributed by atoms with E-state index in [1.54, 1.807) is 36.4 Å². The summed E-state index contributed by atoms with van der Waals surface area (Å²) in [6, 6.07) is 16.7. The van der Waals surface area contributed by atoms with Crippen LogP contribution in [0.1, 0.15) is 37.3 Å². The zero-order valence-electron chi connectivity index (χ0n) is 25.0. The van der Waals surface area contributed by atoms with Crippen LogP contribution < -0.4 is 14.2 Å². The molecular weight excluding hydrogens is 590 g/mol. The van der Waals surface area contributed by atoms with Gasteiger partial charge in [-0.3, -0.25) is 0 Å². The summed E-state index contributed by atoms with van der Waals surface area (Å²) in [7, 11) is 0. The lowest BCUT2D eigenvalue weighted by Crippen LogP contribution is -2.21. The highest BCUT2D eigenvalue weighted by atomic mass is 19.3. The third-order valence-electron chi connectivity index (χ3n) is 6.57. The van der Waals surface area contributed by atoms with Crippen molar-refractivity contribution >= 4 is 5.97 Å². The molecule has 3 rings (SSSR count). The first-order valence-corrected chi connectivity index (χ1v) is 14.3. The summed E-state index contributed by atoms with van der Waals surface area (Å²) in [4.78, 5) is 11.8. The molecule has 242 valence electrons. The van der Waals surface area contributed by atoms with Gasteiger partial charge < -0.3 is 39.0 Å². The Morgan fingerprint density at radius 2 is 1.49 bits per heavy atom. The van der Waals surface area contributed by atoms with E-state index in [1.807, 2.05) is 0 Å². The van der Waals surface area contributed by atoms with E-state index in [4.69, 9.17) is 33.9 Å². The highest BCUT2D eigenvalue weighted by Crippen LogP contribution is 2.35. The van der Waals surface area contributed by atoms with E-state index in [-0.39, 0.29) is 34.0 Å². The van der Waals surface area contributed by atoms with Gasteiger partial charge in [-0.2, -0.15) is 8.78 Å². The number of halogens is 2. The molecule has 0 heterocycles. The fraction of sp³-hybridized carbons (Fsp3) is 0.324. The van der Waals surface area contributed by atoms with Gasteiger partial charge in [0.05, 0.1) is 24.4 Å². The molecule has 0 aliphatic rings. The van der Waals surface area contributed by atoms with Crippen LogP contribution in [-0.4, -0.2) is 54.4 Å². The first-order valence-electron chi connectivity index (χ1n) is 14.3. The summed E-state index contributed by atoms with van der Waals surface area (Å²) in [6.07, 6.45) is -1.00. The highest BCUT2D eigenvalue weighted by molar-refractivity contribution is 5.87. The van der Waals surface area contributed by atoms with E-state index in [2.05, 4.69) is 20.1 Å². The van der Waals surface area contributed by atoms with E-state index in [0.29, 0.717) is 11.1 Å². The van der Waals surface area contributed by atoms with Crippen LogP contribution in [-0.2, 0) is 26.8 Å². The van der Waals surface area contributed by atoms with Gasteiger partial charge >= 0.3 is 12.1 Å². The van der Waals surface area contributed by atoms with Gasteiger partial charge in [-0.25, -0.2) is 4.79 Å². The number of hydrogen-bond donors (Lipinski definition) is 3. The van der Waals surface area contributed by atoms with E-state index in [9.17, 15) is 18.7 Å². The molecule has 0 fully saturated rings. The van der Waals surface area contributed by atoms with Crippen molar-refractivity contribution in [2.24, 2.45) is 0 Å². The Labute approximate surface area is 260 Å². The summed E-state index contributed by atoms with van der Waals surface area (Å²) >= 11 is 0. The van der Waals surface area contributed by atoms with Crippen LogP contribution in [0.15, 0.2) is 91.0 Å². The number of unbranched alkanes of at least 4 members (excludes halogenated alkanes) is 2. The van der Waals surface area contributed by atoms with Crippen molar-refractivity contribution in [3.63, 3.8) is 0 Å². The molecule has 0 bridgehead atoms. The first-order chi connectivity index (χ1) is 21.6. The zero-order chi connectivity index (χ0) is 32.8. The number of aryl methyl sites for hydroxylation is 1. The predicted octanol–water partition coefficient (Wildman–Crippen LogP) is 5.86. The number of carbonyl (C=O) groups is 1. The Bertz CT molecular complexity index is 1410. The fourth-order valence-electron chi connectivity index (χ4n) is 3.95. The minimum atomic E-state index is -3.55. The lowest BCUT2D eigenvalue weighted by molar-refractivity contribution is -0.185. The maximum atomic E-state index is 14.9. The molecule has 0 saturated carbocycles. The number of aliphatic hydroxyl groups excluding tert-OH is 3. The average molecular weight is 629 g/mol. The lowest BCUT2D eigenvalue weighted by Gasteiger charge is -2.19. The van der Waals surface area contributed by atoms with Gasteiger partial charge in [0, 0.05) is 11.6 Å². The van der Waals surface area contributed by atoms with Gasteiger partial charge in [-0.1, -0.05) is 57.2 Å². The van der Waals surface area contributed by atoms with Gasteiger partial charge in [-0.15, -0.1) is 0 Å². The molecule has 3 N–H and O–H groups in total. The van der Waals surface area contributed by atoms with Gasteiger partial charge in [0.25, 0.3) is 0 Å². The normalized spacial score (nSPS) is 11.9. The second-order valence-corrected chi connectivity index (χ2v) is 10.0. The predicted molar refractivity (Wildman–Crippen MR) is 163 cm³/mol. The zero-order valence-corrected chi connectivity index (χ0v) is 25.0. The highest BCUT2D eigenvalue weighted by Gasteiger charge is 2.34. The quantitative estimate of drug-likeness (QED) is 0.0492. The molecule has 0 spiro atoms. The molecule has 0 aliphatic carbocycles. The van der Waals surface area contributed by atoms with Crippen molar-refractivity contribution in [1.82, 2.24) is 0 Å². The molecule has 11 heteroatoms. The number of alkyl halides is 2. The van der Waals surface area contributed by atoms with Crippen molar-refractivity contribution in [3.8, 4) is 28.4 Å². The van der Waals surface area contributed by atoms with Crippen LogP contribution in [0.3, 0.4) is 0 Å². The van der Waals surface area contributed by atoms with Crippen LogP contribution in [0.25, 0.3) is 11.1 Å². The molecule has 0 aliphatic heterocycles. The van der Waals surface area contributed by atoms with Crippen molar-refractivity contribution < 1.29 is 52.6 Å². The van der Waals surface area contributed by atoms with Gasteiger partial charge in [-0.05, 0) is 65.9 Å². The molecule has 3 aromatic rings. The van der Waals surface area contributed by atoms with Crippen LogP contribution >= 0.6 is 0 Å².